The van der Waals surface area contributed by atoms with Crippen molar-refractivity contribution in [3.05, 3.63) is 71.9 Å². The van der Waals surface area contributed by atoms with Crippen LogP contribution in [0, 0.1) is 6.92 Å². The molecule has 0 saturated carbocycles. The van der Waals surface area contributed by atoms with Crippen LogP contribution in [-0.2, 0) is 7.05 Å². The van der Waals surface area contributed by atoms with Crippen LogP contribution in [0.5, 0.6) is 0 Å². The van der Waals surface area contributed by atoms with Gasteiger partial charge in [-0.3, -0.25) is 5.43 Å². The summed E-state index contributed by atoms with van der Waals surface area (Å²) in [5, 5.41) is 6.73. The fourth-order valence-corrected chi connectivity index (χ4v) is 3.05. The molecule has 4 heteroatoms. The Labute approximate surface area is 140 Å². The third kappa shape index (κ3) is 2.52. The van der Waals surface area contributed by atoms with Gasteiger partial charge in [0.1, 0.15) is 5.82 Å². The van der Waals surface area contributed by atoms with Crippen LogP contribution in [0.15, 0.2) is 65.9 Å². The van der Waals surface area contributed by atoms with Crippen LogP contribution in [0.25, 0.3) is 21.8 Å². The molecular weight excluding hydrogens is 296 g/mol. The van der Waals surface area contributed by atoms with Gasteiger partial charge in [-0.05, 0) is 30.7 Å². The van der Waals surface area contributed by atoms with Crippen molar-refractivity contribution in [2.45, 2.75) is 6.92 Å². The number of hydrazone groups is 1. The summed E-state index contributed by atoms with van der Waals surface area (Å²) in [7, 11) is 2.04. The fraction of sp³-hybridized carbons (Fsp3) is 0.100. The van der Waals surface area contributed by atoms with Gasteiger partial charge in [0, 0.05) is 35.1 Å². The molecule has 0 spiro atoms. The normalized spacial score (nSPS) is 11.6. The van der Waals surface area contributed by atoms with Gasteiger partial charge in [-0.15, -0.1) is 0 Å². The Morgan fingerprint density at radius 2 is 1.79 bits per heavy atom. The lowest BCUT2D eigenvalue weighted by molar-refractivity contribution is 0.968. The van der Waals surface area contributed by atoms with E-state index in [4.69, 9.17) is 0 Å². The quantitative estimate of drug-likeness (QED) is 0.447. The smallest absolute Gasteiger partial charge is 0.147 e. The summed E-state index contributed by atoms with van der Waals surface area (Å²) in [6.45, 7) is 2.09. The van der Waals surface area contributed by atoms with Gasteiger partial charge in [0.25, 0.3) is 0 Å². The minimum absolute atomic E-state index is 0.752. The van der Waals surface area contributed by atoms with Crippen LogP contribution in [0.2, 0.25) is 0 Å². The van der Waals surface area contributed by atoms with E-state index in [-0.39, 0.29) is 0 Å². The number of anilines is 1. The zero-order valence-corrected chi connectivity index (χ0v) is 13.7. The van der Waals surface area contributed by atoms with E-state index >= 15 is 0 Å². The highest BCUT2D eigenvalue weighted by Crippen LogP contribution is 2.20. The van der Waals surface area contributed by atoms with Gasteiger partial charge in [0.05, 0.1) is 11.7 Å². The van der Waals surface area contributed by atoms with Crippen LogP contribution >= 0.6 is 0 Å². The predicted molar refractivity (Wildman–Crippen MR) is 101 cm³/mol. The molecule has 2 heterocycles. The molecule has 0 fully saturated rings. The maximum absolute atomic E-state index is 4.60. The van der Waals surface area contributed by atoms with E-state index in [0.29, 0.717) is 0 Å². The molecule has 0 aliphatic heterocycles. The Morgan fingerprint density at radius 1 is 1.04 bits per heavy atom. The van der Waals surface area contributed by atoms with E-state index in [1.165, 1.54) is 21.9 Å². The van der Waals surface area contributed by atoms with Crippen molar-refractivity contribution in [3.63, 3.8) is 0 Å². The average molecular weight is 314 g/mol. The lowest BCUT2D eigenvalue weighted by atomic mass is 10.1. The molecule has 2 aromatic carbocycles. The summed E-state index contributed by atoms with van der Waals surface area (Å²) in [6, 6.07) is 18.4. The predicted octanol–water partition coefficient (Wildman–Crippen LogP) is 4.48. The second kappa shape index (κ2) is 5.81. The lowest BCUT2D eigenvalue weighted by Gasteiger charge is -2.05. The molecule has 0 unspecified atom stereocenters. The van der Waals surface area contributed by atoms with Crippen molar-refractivity contribution in [1.29, 1.82) is 0 Å². The maximum Gasteiger partial charge on any atom is 0.147 e. The number of benzene rings is 2. The Balaban J connectivity index is 1.63. The van der Waals surface area contributed by atoms with E-state index in [1.807, 2.05) is 49.7 Å². The molecule has 0 amide bonds. The van der Waals surface area contributed by atoms with E-state index in [2.05, 4.69) is 51.4 Å². The van der Waals surface area contributed by atoms with Crippen molar-refractivity contribution < 1.29 is 0 Å². The van der Waals surface area contributed by atoms with Crippen molar-refractivity contribution in [2.75, 3.05) is 5.43 Å². The first-order valence-electron chi connectivity index (χ1n) is 7.92. The van der Waals surface area contributed by atoms with Crippen molar-refractivity contribution >= 4 is 33.8 Å². The van der Waals surface area contributed by atoms with E-state index < -0.39 is 0 Å². The number of nitrogens with one attached hydrogen (secondary N) is 1. The van der Waals surface area contributed by atoms with E-state index in [9.17, 15) is 0 Å². The Hall–Kier alpha value is -3.14. The summed E-state index contributed by atoms with van der Waals surface area (Å²) in [5.41, 5.74) is 7.48. The highest BCUT2D eigenvalue weighted by molar-refractivity contribution is 5.99. The third-order valence-electron chi connectivity index (χ3n) is 4.23. The molecule has 24 heavy (non-hydrogen) atoms. The van der Waals surface area contributed by atoms with Gasteiger partial charge in [-0.25, -0.2) is 4.98 Å². The number of aryl methyl sites for hydroxylation is 2. The van der Waals surface area contributed by atoms with E-state index in [1.54, 1.807) is 0 Å². The zero-order valence-electron chi connectivity index (χ0n) is 13.7. The number of aromatic nitrogens is 2. The largest absolute Gasteiger partial charge is 0.350 e. The van der Waals surface area contributed by atoms with Crippen molar-refractivity contribution in [3.8, 4) is 0 Å². The maximum atomic E-state index is 4.60. The molecule has 1 N–H and O–H groups in total. The molecule has 0 aliphatic carbocycles. The minimum Gasteiger partial charge on any atom is -0.350 e. The van der Waals surface area contributed by atoms with Crippen LogP contribution in [0.1, 0.15) is 11.1 Å². The van der Waals surface area contributed by atoms with Gasteiger partial charge in [0.2, 0.25) is 0 Å². The topological polar surface area (TPSA) is 42.2 Å². The first-order valence-corrected chi connectivity index (χ1v) is 7.92. The molecule has 4 rings (SSSR count). The first-order chi connectivity index (χ1) is 11.7. The first kappa shape index (κ1) is 14.5. The molecule has 2 aromatic heterocycles. The Bertz CT molecular complexity index is 1060. The third-order valence-corrected chi connectivity index (χ3v) is 4.23. The van der Waals surface area contributed by atoms with Crippen molar-refractivity contribution in [1.82, 2.24) is 9.55 Å². The number of pyridine rings is 1. The van der Waals surface area contributed by atoms with Gasteiger partial charge in [-0.2, -0.15) is 5.10 Å². The number of rotatable bonds is 3. The van der Waals surface area contributed by atoms with Gasteiger partial charge in [0.15, 0.2) is 0 Å². The molecule has 4 nitrogen and oxygen atoms in total. The molecular formula is C20H18N4. The van der Waals surface area contributed by atoms with Gasteiger partial charge in [-0.1, -0.05) is 36.4 Å². The Kier molecular flexibility index (Phi) is 3.50. The van der Waals surface area contributed by atoms with E-state index in [0.717, 1.165) is 16.9 Å². The molecule has 0 saturated heterocycles. The van der Waals surface area contributed by atoms with Crippen LogP contribution in [-0.4, -0.2) is 15.8 Å². The molecule has 4 aromatic rings. The molecule has 118 valence electrons. The number of nitrogens with zero attached hydrogens (tertiary/aromatic N) is 3. The van der Waals surface area contributed by atoms with Crippen LogP contribution in [0.3, 0.4) is 0 Å². The highest BCUT2D eigenvalue weighted by Gasteiger charge is 2.04. The molecule has 0 bridgehead atoms. The zero-order chi connectivity index (χ0) is 16.5. The SMILES string of the molecule is Cc1cc(N/N=C/c2cn(C)c3ccccc23)nc2ccccc12. The second-order valence-electron chi connectivity index (χ2n) is 5.92. The highest BCUT2D eigenvalue weighted by atomic mass is 15.3. The molecule has 0 aliphatic rings. The van der Waals surface area contributed by atoms with Gasteiger partial charge < -0.3 is 4.57 Å². The van der Waals surface area contributed by atoms with Gasteiger partial charge >= 0.3 is 0 Å². The average Bonchev–Trinajstić information content (AvgIpc) is 2.92. The second-order valence-corrected chi connectivity index (χ2v) is 5.92. The fourth-order valence-electron chi connectivity index (χ4n) is 3.05. The number of para-hydroxylation sites is 2. The standard InChI is InChI=1S/C20H18N4/c1-14-11-20(22-18-9-5-3-7-16(14)18)23-21-12-15-13-24(2)19-10-6-4-8-17(15)19/h3-13H,1-2H3,(H,22,23)/b21-12+. The minimum atomic E-state index is 0.752. The summed E-state index contributed by atoms with van der Waals surface area (Å²) in [4.78, 5) is 4.60. The Morgan fingerprint density at radius 3 is 2.67 bits per heavy atom. The van der Waals surface area contributed by atoms with Crippen LogP contribution < -0.4 is 5.43 Å². The van der Waals surface area contributed by atoms with Crippen molar-refractivity contribution in [2.24, 2.45) is 12.1 Å². The monoisotopic (exact) mass is 314 g/mol. The summed E-state index contributed by atoms with van der Waals surface area (Å²) in [6.07, 6.45) is 3.92. The summed E-state index contributed by atoms with van der Waals surface area (Å²) in [5.74, 6) is 0.752. The lowest BCUT2D eigenvalue weighted by Crippen LogP contribution is -1.95. The number of hydrogen-bond acceptors (Lipinski definition) is 3. The summed E-state index contributed by atoms with van der Waals surface area (Å²) < 4.78 is 2.11. The van der Waals surface area contributed by atoms with Crippen LogP contribution in [0.4, 0.5) is 5.82 Å². The molecule has 0 atom stereocenters. The summed E-state index contributed by atoms with van der Waals surface area (Å²) >= 11 is 0. The number of fused-ring (bicyclic) bond motifs is 2. The number of hydrogen-bond donors (Lipinski definition) is 1. The molecule has 0 radical (unpaired) electrons.